The third-order valence-electron chi connectivity index (χ3n) is 4.43. The zero-order valence-corrected chi connectivity index (χ0v) is 14.2. The highest BCUT2D eigenvalue weighted by Gasteiger charge is 2.21. The smallest absolute Gasteiger partial charge is 0.272 e. The number of amides is 2. The van der Waals surface area contributed by atoms with E-state index in [0.29, 0.717) is 41.7 Å². The van der Waals surface area contributed by atoms with Gasteiger partial charge in [0.2, 0.25) is 0 Å². The van der Waals surface area contributed by atoms with Crippen LogP contribution in [0.2, 0.25) is 0 Å². The fourth-order valence-electron chi connectivity index (χ4n) is 3.10. The Bertz CT molecular complexity index is 846. The minimum atomic E-state index is -0.306. The molecule has 0 unspecified atom stereocenters. The summed E-state index contributed by atoms with van der Waals surface area (Å²) >= 11 is 0. The van der Waals surface area contributed by atoms with Crippen molar-refractivity contribution in [2.24, 2.45) is 0 Å². The van der Waals surface area contributed by atoms with E-state index in [4.69, 9.17) is 9.47 Å². The first-order valence-corrected chi connectivity index (χ1v) is 8.67. The molecule has 2 aliphatic rings. The summed E-state index contributed by atoms with van der Waals surface area (Å²) in [5.41, 5.74) is 1.28. The van der Waals surface area contributed by atoms with E-state index in [2.05, 4.69) is 10.3 Å². The van der Waals surface area contributed by atoms with Crippen molar-refractivity contribution >= 4 is 17.5 Å². The highest BCUT2D eigenvalue weighted by molar-refractivity contribution is 6.05. The number of carbonyl (C=O) groups excluding carboxylic acids is 2. The molecule has 3 heterocycles. The number of aromatic nitrogens is 1. The van der Waals surface area contributed by atoms with Gasteiger partial charge >= 0.3 is 0 Å². The average molecular weight is 353 g/mol. The Morgan fingerprint density at radius 1 is 1.00 bits per heavy atom. The zero-order chi connectivity index (χ0) is 17.9. The van der Waals surface area contributed by atoms with Gasteiger partial charge in [-0.25, -0.2) is 0 Å². The summed E-state index contributed by atoms with van der Waals surface area (Å²) in [6.45, 7) is 2.49. The number of nitrogens with zero attached hydrogens (tertiary/aromatic N) is 2. The Balaban J connectivity index is 1.49. The van der Waals surface area contributed by atoms with Crippen molar-refractivity contribution in [2.75, 3.05) is 31.6 Å². The molecule has 4 rings (SSSR count). The molecular weight excluding hydrogens is 334 g/mol. The maximum Gasteiger partial charge on any atom is 0.272 e. The van der Waals surface area contributed by atoms with Crippen molar-refractivity contribution in [2.45, 2.75) is 12.8 Å². The van der Waals surface area contributed by atoms with Crippen molar-refractivity contribution in [1.82, 2.24) is 9.88 Å². The van der Waals surface area contributed by atoms with Crippen molar-refractivity contribution in [1.29, 1.82) is 0 Å². The molecule has 0 aliphatic carbocycles. The number of ether oxygens (including phenoxy) is 2. The van der Waals surface area contributed by atoms with Crippen molar-refractivity contribution in [3.8, 4) is 11.5 Å². The maximum atomic E-state index is 12.5. The lowest BCUT2D eigenvalue weighted by molar-refractivity contribution is 0.0787. The Morgan fingerprint density at radius 2 is 1.77 bits per heavy atom. The molecule has 0 saturated carbocycles. The van der Waals surface area contributed by atoms with Gasteiger partial charge in [0.15, 0.2) is 11.5 Å². The molecular formula is C19H19N3O4. The highest BCUT2D eigenvalue weighted by atomic mass is 16.6. The number of benzene rings is 1. The van der Waals surface area contributed by atoms with E-state index in [1.165, 1.54) is 12.3 Å². The van der Waals surface area contributed by atoms with E-state index in [-0.39, 0.29) is 11.8 Å². The lowest BCUT2D eigenvalue weighted by Crippen LogP contribution is -2.28. The van der Waals surface area contributed by atoms with E-state index in [1.54, 1.807) is 29.2 Å². The lowest BCUT2D eigenvalue weighted by atomic mass is 10.2. The van der Waals surface area contributed by atoms with E-state index in [1.807, 2.05) is 0 Å². The topological polar surface area (TPSA) is 80.8 Å². The van der Waals surface area contributed by atoms with Crippen LogP contribution in [0.1, 0.15) is 33.7 Å². The minimum Gasteiger partial charge on any atom is -0.486 e. The molecule has 7 nitrogen and oxygen atoms in total. The van der Waals surface area contributed by atoms with Crippen LogP contribution in [-0.4, -0.2) is 48.0 Å². The molecule has 2 aromatic rings. The number of rotatable bonds is 3. The Kier molecular flexibility index (Phi) is 4.43. The van der Waals surface area contributed by atoms with Crippen LogP contribution in [0, 0.1) is 0 Å². The van der Waals surface area contributed by atoms with Crippen molar-refractivity contribution in [3.05, 3.63) is 47.8 Å². The molecule has 134 valence electrons. The number of hydrogen-bond donors (Lipinski definition) is 1. The molecule has 1 aromatic heterocycles. The summed E-state index contributed by atoms with van der Waals surface area (Å²) in [5.74, 6) is 0.835. The normalized spacial score (nSPS) is 15.6. The molecule has 0 atom stereocenters. The molecule has 2 aliphatic heterocycles. The van der Waals surface area contributed by atoms with Gasteiger partial charge in [0.1, 0.15) is 18.9 Å². The van der Waals surface area contributed by atoms with Crippen LogP contribution in [0.15, 0.2) is 36.5 Å². The third-order valence-corrected chi connectivity index (χ3v) is 4.43. The number of hydrogen-bond acceptors (Lipinski definition) is 5. The number of fused-ring (bicyclic) bond motifs is 1. The highest BCUT2D eigenvalue weighted by Crippen LogP contribution is 2.32. The summed E-state index contributed by atoms with van der Waals surface area (Å²) in [6.07, 6.45) is 3.51. The van der Waals surface area contributed by atoms with Crippen LogP contribution in [0.25, 0.3) is 0 Å². The average Bonchev–Trinajstić information content (AvgIpc) is 3.22. The first-order valence-electron chi connectivity index (χ1n) is 8.67. The second kappa shape index (κ2) is 7.03. The monoisotopic (exact) mass is 353 g/mol. The molecule has 0 bridgehead atoms. The number of likely N-dealkylation sites (tertiary alicyclic amines) is 1. The third kappa shape index (κ3) is 3.33. The van der Waals surface area contributed by atoms with Gasteiger partial charge in [-0.2, -0.15) is 0 Å². The second-order valence-electron chi connectivity index (χ2n) is 6.24. The molecule has 1 saturated heterocycles. The van der Waals surface area contributed by atoms with E-state index in [0.717, 1.165) is 25.9 Å². The molecule has 1 N–H and O–H groups in total. The van der Waals surface area contributed by atoms with Gasteiger partial charge in [0.25, 0.3) is 11.8 Å². The number of pyridine rings is 1. The number of carbonyl (C=O) groups is 2. The quantitative estimate of drug-likeness (QED) is 0.916. The minimum absolute atomic E-state index is 0.128. The standard InChI is InChI=1S/C19H19N3O4/c23-18(21-14-3-4-16-17(12-14)26-10-9-25-16)13-5-6-20-15(11-13)19(24)22-7-1-2-8-22/h3-6,11-12H,1-2,7-10H2,(H,21,23). The lowest BCUT2D eigenvalue weighted by Gasteiger charge is -2.19. The van der Waals surface area contributed by atoms with Gasteiger partial charge < -0.3 is 19.7 Å². The largest absolute Gasteiger partial charge is 0.486 e. The van der Waals surface area contributed by atoms with Crippen molar-refractivity contribution in [3.63, 3.8) is 0 Å². The fourth-order valence-corrected chi connectivity index (χ4v) is 3.10. The fraction of sp³-hybridized carbons (Fsp3) is 0.316. The van der Waals surface area contributed by atoms with Crippen LogP contribution in [-0.2, 0) is 0 Å². The Morgan fingerprint density at radius 3 is 2.58 bits per heavy atom. The van der Waals surface area contributed by atoms with Crippen LogP contribution in [0.5, 0.6) is 11.5 Å². The van der Waals surface area contributed by atoms with Gasteiger partial charge in [-0.05, 0) is 37.1 Å². The molecule has 0 spiro atoms. The maximum absolute atomic E-state index is 12.5. The molecule has 1 aromatic carbocycles. The summed E-state index contributed by atoms with van der Waals surface area (Å²) < 4.78 is 11.0. The van der Waals surface area contributed by atoms with E-state index < -0.39 is 0 Å². The molecule has 0 radical (unpaired) electrons. The second-order valence-corrected chi connectivity index (χ2v) is 6.24. The molecule has 2 amide bonds. The van der Waals surface area contributed by atoms with Crippen LogP contribution < -0.4 is 14.8 Å². The number of anilines is 1. The zero-order valence-electron chi connectivity index (χ0n) is 14.2. The van der Waals surface area contributed by atoms with Gasteiger partial charge in [-0.15, -0.1) is 0 Å². The summed E-state index contributed by atoms with van der Waals surface area (Å²) in [4.78, 5) is 30.9. The summed E-state index contributed by atoms with van der Waals surface area (Å²) in [7, 11) is 0. The Labute approximate surface area is 150 Å². The first kappa shape index (κ1) is 16.4. The van der Waals surface area contributed by atoms with Crippen LogP contribution in [0.3, 0.4) is 0 Å². The Hall–Kier alpha value is -3.09. The van der Waals surface area contributed by atoms with Gasteiger partial charge in [-0.1, -0.05) is 0 Å². The van der Waals surface area contributed by atoms with Gasteiger partial charge in [-0.3, -0.25) is 14.6 Å². The predicted octanol–water partition coefficient (Wildman–Crippen LogP) is 2.34. The van der Waals surface area contributed by atoms with Crippen LogP contribution >= 0.6 is 0 Å². The van der Waals surface area contributed by atoms with Gasteiger partial charge in [0, 0.05) is 36.6 Å². The summed E-state index contributed by atoms with van der Waals surface area (Å²) in [5, 5.41) is 2.82. The molecule has 1 fully saturated rings. The summed E-state index contributed by atoms with van der Waals surface area (Å²) in [6, 6.07) is 8.37. The van der Waals surface area contributed by atoms with Gasteiger partial charge in [0.05, 0.1) is 0 Å². The number of nitrogens with one attached hydrogen (secondary N) is 1. The molecule has 26 heavy (non-hydrogen) atoms. The SMILES string of the molecule is O=C(Nc1ccc2c(c1)OCCO2)c1ccnc(C(=O)N2CCCC2)c1. The van der Waals surface area contributed by atoms with E-state index in [9.17, 15) is 9.59 Å². The van der Waals surface area contributed by atoms with Crippen LogP contribution in [0.4, 0.5) is 5.69 Å². The van der Waals surface area contributed by atoms with Crippen molar-refractivity contribution < 1.29 is 19.1 Å². The first-order chi connectivity index (χ1) is 12.7. The van der Waals surface area contributed by atoms with E-state index >= 15 is 0 Å². The molecule has 7 heteroatoms. The predicted molar refractivity (Wildman–Crippen MR) is 94.8 cm³/mol.